The molecule has 0 heterocycles. The maximum Gasteiger partial charge on any atom is 0.237 e. The summed E-state index contributed by atoms with van der Waals surface area (Å²) in [7, 11) is 0. The van der Waals surface area contributed by atoms with Crippen LogP contribution in [0, 0.1) is 5.92 Å². The third-order valence-electron chi connectivity index (χ3n) is 2.78. The number of thioether (sulfide) groups is 1. The highest BCUT2D eigenvalue weighted by molar-refractivity contribution is 7.98. The van der Waals surface area contributed by atoms with Crippen molar-refractivity contribution in [1.29, 1.82) is 0 Å². The van der Waals surface area contributed by atoms with Crippen LogP contribution in [0.5, 0.6) is 0 Å². The Hall–Kier alpha value is -0.220. The van der Waals surface area contributed by atoms with Crippen LogP contribution in [0.3, 0.4) is 0 Å². The summed E-state index contributed by atoms with van der Waals surface area (Å²) in [5.74, 6) is 1.67. The highest BCUT2D eigenvalue weighted by Gasteiger charge is 2.14. The van der Waals surface area contributed by atoms with E-state index in [0.717, 1.165) is 24.5 Å². The Morgan fingerprint density at radius 1 is 1.24 bits per heavy atom. The lowest BCUT2D eigenvalue weighted by molar-refractivity contribution is -0.123. The molecule has 0 radical (unpaired) electrons. The van der Waals surface area contributed by atoms with Gasteiger partial charge in [0.05, 0.1) is 6.04 Å². The van der Waals surface area contributed by atoms with E-state index in [1.165, 1.54) is 12.8 Å². The molecule has 0 fully saturated rings. The highest BCUT2D eigenvalue weighted by atomic mass is 32.2. The smallest absolute Gasteiger partial charge is 0.237 e. The normalized spacial score (nSPS) is 14.7. The standard InChI is InChI=1S/C13H28N2OS/c1-10(2)6-5-7-11(3)15-13(16)12(14)8-9-17-4/h10-12H,5-9,14H2,1-4H3,(H,15,16)/t11?,12-/m0/s1. The Labute approximate surface area is 110 Å². The molecule has 0 bridgehead atoms. The molecule has 102 valence electrons. The van der Waals surface area contributed by atoms with Crippen molar-refractivity contribution in [3.63, 3.8) is 0 Å². The molecule has 0 aliphatic rings. The summed E-state index contributed by atoms with van der Waals surface area (Å²) >= 11 is 1.72. The van der Waals surface area contributed by atoms with Crippen LogP contribution >= 0.6 is 11.8 Å². The van der Waals surface area contributed by atoms with Gasteiger partial charge in [0.2, 0.25) is 5.91 Å². The van der Waals surface area contributed by atoms with Gasteiger partial charge in [-0.25, -0.2) is 0 Å². The summed E-state index contributed by atoms with van der Waals surface area (Å²) in [4.78, 5) is 11.7. The van der Waals surface area contributed by atoms with Crippen molar-refractivity contribution >= 4 is 17.7 Å². The second kappa shape index (κ2) is 9.77. The van der Waals surface area contributed by atoms with Crippen LogP contribution in [0.4, 0.5) is 0 Å². The van der Waals surface area contributed by atoms with Crippen molar-refractivity contribution in [1.82, 2.24) is 5.32 Å². The minimum Gasteiger partial charge on any atom is -0.352 e. The second-order valence-electron chi connectivity index (χ2n) is 5.12. The van der Waals surface area contributed by atoms with Gasteiger partial charge in [0.15, 0.2) is 0 Å². The molecule has 3 nitrogen and oxygen atoms in total. The zero-order chi connectivity index (χ0) is 13.3. The molecule has 2 atom stereocenters. The van der Waals surface area contributed by atoms with Crippen LogP contribution in [0.15, 0.2) is 0 Å². The van der Waals surface area contributed by atoms with Gasteiger partial charge in [-0.3, -0.25) is 4.79 Å². The number of carbonyl (C=O) groups excluding carboxylic acids is 1. The summed E-state index contributed by atoms with van der Waals surface area (Å²) in [6, 6.07) is -0.114. The predicted molar refractivity (Wildman–Crippen MR) is 77.3 cm³/mol. The Morgan fingerprint density at radius 3 is 2.41 bits per heavy atom. The van der Waals surface area contributed by atoms with Crippen LogP contribution < -0.4 is 11.1 Å². The fourth-order valence-corrected chi connectivity index (χ4v) is 2.12. The summed E-state index contributed by atoms with van der Waals surface area (Å²) < 4.78 is 0. The molecular formula is C13H28N2OS. The van der Waals surface area contributed by atoms with Gasteiger partial charge < -0.3 is 11.1 Å². The molecule has 17 heavy (non-hydrogen) atoms. The third kappa shape index (κ3) is 9.48. The first kappa shape index (κ1) is 16.8. The van der Waals surface area contributed by atoms with Gasteiger partial charge in [-0.05, 0) is 37.7 Å². The van der Waals surface area contributed by atoms with Crippen LogP contribution in [-0.4, -0.2) is 30.0 Å². The first-order valence-corrected chi connectivity index (χ1v) is 7.91. The van der Waals surface area contributed by atoms with Gasteiger partial charge in [0.25, 0.3) is 0 Å². The van der Waals surface area contributed by atoms with Gasteiger partial charge in [-0.1, -0.05) is 26.7 Å². The predicted octanol–water partition coefficient (Wildman–Crippen LogP) is 2.40. The van der Waals surface area contributed by atoms with Gasteiger partial charge in [0.1, 0.15) is 0 Å². The quantitative estimate of drug-likeness (QED) is 0.669. The van der Waals surface area contributed by atoms with Crippen molar-refractivity contribution < 1.29 is 4.79 Å². The van der Waals surface area contributed by atoms with Gasteiger partial charge in [-0.2, -0.15) is 11.8 Å². The molecule has 0 aromatic rings. The highest BCUT2D eigenvalue weighted by Crippen LogP contribution is 2.08. The molecule has 0 aromatic heterocycles. The second-order valence-corrected chi connectivity index (χ2v) is 6.11. The summed E-state index contributed by atoms with van der Waals surface area (Å²) in [6.07, 6.45) is 6.21. The van der Waals surface area contributed by atoms with Crippen LogP contribution in [0.25, 0.3) is 0 Å². The Bertz CT molecular complexity index is 210. The molecule has 0 aliphatic carbocycles. The largest absolute Gasteiger partial charge is 0.352 e. The number of hydrogen-bond acceptors (Lipinski definition) is 3. The van der Waals surface area contributed by atoms with Crippen molar-refractivity contribution in [3.8, 4) is 0 Å². The molecule has 0 aromatic carbocycles. The first-order chi connectivity index (χ1) is 7.97. The van der Waals surface area contributed by atoms with Crippen molar-refractivity contribution in [3.05, 3.63) is 0 Å². The van der Waals surface area contributed by atoms with Crippen molar-refractivity contribution in [2.45, 2.75) is 58.5 Å². The van der Waals surface area contributed by atoms with E-state index in [1.54, 1.807) is 11.8 Å². The summed E-state index contributed by atoms with van der Waals surface area (Å²) in [5.41, 5.74) is 5.80. The van der Waals surface area contributed by atoms with Gasteiger partial charge >= 0.3 is 0 Å². The Morgan fingerprint density at radius 2 is 1.88 bits per heavy atom. The maximum atomic E-state index is 11.7. The number of rotatable bonds is 9. The van der Waals surface area contributed by atoms with Gasteiger partial charge in [0, 0.05) is 6.04 Å². The first-order valence-electron chi connectivity index (χ1n) is 6.52. The number of hydrogen-bond donors (Lipinski definition) is 2. The molecular weight excluding hydrogens is 232 g/mol. The third-order valence-corrected chi connectivity index (χ3v) is 3.42. The average molecular weight is 260 g/mol. The van der Waals surface area contributed by atoms with Crippen LogP contribution in [0.2, 0.25) is 0 Å². The van der Waals surface area contributed by atoms with E-state index in [-0.39, 0.29) is 18.0 Å². The maximum absolute atomic E-state index is 11.7. The van der Waals surface area contributed by atoms with Crippen LogP contribution in [-0.2, 0) is 4.79 Å². The molecule has 1 amide bonds. The lowest BCUT2D eigenvalue weighted by Gasteiger charge is -2.17. The van der Waals surface area contributed by atoms with E-state index in [9.17, 15) is 4.79 Å². The monoisotopic (exact) mass is 260 g/mol. The molecule has 0 rings (SSSR count). The molecule has 0 aliphatic heterocycles. The minimum atomic E-state index is -0.352. The van der Waals surface area contributed by atoms with E-state index in [0.29, 0.717) is 0 Å². The van der Waals surface area contributed by atoms with Gasteiger partial charge in [-0.15, -0.1) is 0 Å². The number of nitrogens with one attached hydrogen (secondary N) is 1. The number of carbonyl (C=O) groups is 1. The lowest BCUT2D eigenvalue weighted by atomic mass is 10.0. The van der Waals surface area contributed by atoms with Crippen LogP contribution in [0.1, 0.15) is 46.5 Å². The Kier molecular flexibility index (Phi) is 9.65. The summed E-state index contributed by atoms with van der Waals surface area (Å²) in [5, 5.41) is 2.99. The molecule has 4 heteroatoms. The molecule has 0 saturated heterocycles. The number of amides is 1. The van der Waals surface area contributed by atoms with E-state index >= 15 is 0 Å². The topological polar surface area (TPSA) is 55.1 Å². The lowest BCUT2D eigenvalue weighted by Crippen LogP contribution is -2.44. The van der Waals surface area contributed by atoms with E-state index in [1.807, 2.05) is 6.26 Å². The number of nitrogens with two attached hydrogens (primary N) is 1. The van der Waals surface area contributed by atoms with Crippen molar-refractivity contribution in [2.24, 2.45) is 11.7 Å². The van der Waals surface area contributed by atoms with E-state index in [2.05, 4.69) is 26.1 Å². The van der Waals surface area contributed by atoms with Crippen molar-refractivity contribution in [2.75, 3.05) is 12.0 Å². The van der Waals surface area contributed by atoms with E-state index < -0.39 is 0 Å². The average Bonchev–Trinajstić information content (AvgIpc) is 2.25. The molecule has 0 saturated carbocycles. The zero-order valence-corrected chi connectivity index (χ0v) is 12.5. The molecule has 0 spiro atoms. The molecule has 3 N–H and O–H groups in total. The Balaban J connectivity index is 3.71. The fourth-order valence-electron chi connectivity index (χ4n) is 1.63. The summed E-state index contributed by atoms with van der Waals surface area (Å²) in [6.45, 7) is 6.50. The minimum absolute atomic E-state index is 0.00361. The fraction of sp³-hybridized carbons (Fsp3) is 0.923. The SMILES string of the molecule is CSCC[C@H](N)C(=O)NC(C)CCCC(C)C. The molecule has 1 unspecified atom stereocenters. The zero-order valence-electron chi connectivity index (χ0n) is 11.7. The van der Waals surface area contributed by atoms with E-state index in [4.69, 9.17) is 5.73 Å².